The van der Waals surface area contributed by atoms with Gasteiger partial charge in [-0.1, -0.05) is 24.3 Å². The second-order valence-electron chi connectivity index (χ2n) is 7.40. The number of rotatable bonds is 6. The molecule has 1 unspecified atom stereocenters. The van der Waals surface area contributed by atoms with E-state index in [0.717, 1.165) is 39.4 Å². The summed E-state index contributed by atoms with van der Waals surface area (Å²) < 4.78 is 7.46. The molecule has 32 heavy (non-hydrogen) atoms. The third kappa shape index (κ3) is 3.76. The quantitative estimate of drug-likeness (QED) is 0.430. The Labute approximate surface area is 185 Å². The van der Waals surface area contributed by atoms with Gasteiger partial charge in [0.25, 0.3) is 0 Å². The van der Waals surface area contributed by atoms with Crippen LogP contribution in [0.1, 0.15) is 17.4 Å². The molecule has 5 rings (SSSR count). The van der Waals surface area contributed by atoms with Crippen LogP contribution in [-0.4, -0.2) is 31.6 Å². The van der Waals surface area contributed by atoms with Crippen molar-refractivity contribution < 1.29 is 4.74 Å². The summed E-state index contributed by atoms with van der Waals surface area (Å²) in [6.07, 6.45) is 7.24. The molecule has 158 valence electrons. The van der Waals surface area contributed by atoms with Crippen molar-refractivity contribution in [1.82, 2.24) is 24.5 Å². The number of nitrogens with one attached hydrogen (secondary N) is 1. The molecule has 0 saturated heterocycles. The molecule has 7 nitrogen and oxygen atoms in total. The maximum absolute atomic E-state index is 5.46. The van der Waals surface area contributed by atoms with E-state index in [4.69, 9.17) is 14.7 Å². The van der Waals surface area contributed by atoms with Gasteiger partial charge in [0.15, 0.2) is 5.82 Å². The number of methoxy groups -OCH3 is 1. The second kappa shape index (κ2) is 8.47. The monoisotopic (exact) mass is 422 g/mol. The zero-order chi connectivity index (χ0) is 21.9. The van der Waals surface area contributed by atoms with Gasteiger partial charge in [0, 0.05) is 42.8 Å². The first kappa shape index (κ1) is 19.7. The number of para-hydroxylation sites is 1. The number of anilines is 1. The van der Waals surface area contributed by atoms with Crippen LogP contribution in [0, 0.1) is 0 Å². The Morgan fingerprint density at radius 1 is 0.969 bits per heavy atom. The van der Waals surface area contributed by atoms with Crippen LogP contribution >= 0.6 is 0 Å². The van der Waals surface area contributed by atoms with Crippen LogP contribution in [0.2, 0.25) is 0 Å². The number of nitrogens with zero attached hydrogens (tertiary/aromatic N) is 5. The third-order valence-corrected chi connectivity index (χ3v) is 5.35. The minimum Gasteiger partial charge on any atom is -0.497 e. The Balaban J connectivity index is 1.66. The van der Waals surface area contributed by atoms with E-state index in [-0.39, 0.29) is 6.04 Å². The third-order valence-electron chi connectivity index (χ3n) is 5.35. The highest BCUT2D eigenvalue weighted by atomic mass is 16.5. The van der Waals surface area contributed by atoms with Gasteiger partial charge in [-0.05, 0) is 42.0 Å². The van der Waals surface area contributed by atoms with Gasteiger partial charge in [-0.15, -0.1) is 0 Å². The van der Waals surface area contributed by atoms with Gasteiger partial charge in [-0.25, -0.2) is 15.0 Å². The minimum atomic E-state index is -0.245. The summed E-state index contributed by atoms with van der Waals surface area (Å²) >= 11 is 0. The number of ether oxygens (including phenoxy) is 1. The number of fused-ring (bicyclic) bond motifs is 1. The van der Waals surface area contributed by atoms with Crippen LogP contribution in [0.3, 0.4) is 0 Å². The maximum atomic E-state index is 5.46. The Hall–Kier alpha value is -4.26. The summed E-state index contributed by atoms with van der Waals surface area (Å²) in [5.74, 6) is 2.99. The molecule has 0 fully saturated rings. The molecule has 0 bridgehead atoms. The Morgan fingerprint density at radius 3 is 2.66 bits per heavy atom. The average Bonchev–Trinajstić information content (AvgIpc) is 3.28. The van der Waals surface area contributed by atoms with Crippen molar-refractivity contribution in [3.05, 3.63) is 96.8 Å². The Bertz CT molecular complexity index is 1370. The molecular formula is C25H22N6O. The highest BCUT2D eigenvalue weighted by Crippen LogP contribution is 2.31. The lowest BCUT2D eigenvalue weighted by molar-refractivity contribution is 0.414. The van der Waals surface area contributed by atoms with Crippen molar-refractivity contribution in [2.75, 3.05) is 12.4 Å². The summed E-state index contributed by atoms with van der Waals surface area (Å²) in [6.45, 7) is 0. The molecule has 0 aliphatic carbocycles. The lowest BCUT2D eigenvalue weighted by atomic mass is 10.1. The zero-order valence-corrected chi connectivity index (χ0v) is 17.8. The molecule has 0 saturated carbocycles. The second-order valence-corrected chi connectivity index (χ2v) is 7.40. The normalized spacial score (nSPS) is 11.9. The van der Waals surface area contributed by atoms with E-state index in [9.17, 15) is 0 Å². The lowest BCUT2D eigenvalue weighted by Gasteiger charge is -2.21. The van der Waals surface area contributed by atoms with E-state index in [1.807, 2.05) is 72.4 Å². The van der Waals surface area contributed by atoms with E-state index in [1.54, 1.807) is 25.7 Å². The van der Waals surface area contributed by atoms with Crippen LogP contribution in [0.4, 0.5) is 5.82 Å². The predicted octanol–water partition coefficient (Wildman–Crippen LogP) is 4.64. The molecule has 0 amide bonds. The molecule has 0 aliphatic rings. The minimum absolute atomic E-state index is 0.245. The van der Waals surface area contributed by atoms with Crippen LogP contribution in [0.25, 0.3) is 22.3 Å². The number of aromatic nitrogens is 5. The van der Waals surface area contributed by atoms with Gasteiger partial charge >= 0.3 is 0 Å². The fourth-order valence-electron chi connectivity index (χ4n) is 3.72. The number of aryl methyl sites for hydroxylation is 1. The van der Waals surface area contributed by atoms with Gasteiger partial charge in [-0.2, -0.15) is 0 Å². The van der Waals surface area contributed by atoms with Gasteiger partial charge in [-0.3, -0.25) is 4.98 Å². The van der Waals surface area contributed by atoms with Crippen LogP contribution in [0.15, 0.2) is 85.5 Å². The molecule has 1 atom stereocenters. The fraction of sp³-hybridized carbons (Fsp3) is 0.120. The molecule has 7 heteroatoms. The van der Waals surface area contributed by atoms with Gasteiger partial charge < -0.3 is 14.6 Å². The Kier molecular flexibility index (Phi) is 5.21. The van der Waals surface area contributed by atoms with E-state index in [2.05, 4.69) is 21.4 Å². The molecule has 0 radical (unpaired) electrons. The summed E-state index contributed by atoms with van der Waals surface area (Å²) in [5.41, 5.74) is 2.73. The number of hydrogen-bond acceptors (Lipinski definition) is 6. The van der Waals surface area contributed by atoms with Crippen molar-refractivity contribution >= 4 is 16.7 Å². The first-order valence-electron chi connectivity index (χ1n) is 10.3. The SMILES string of the molecule is COc1cccc(C(Nc2nc(-c3cccnc3)nc3ccccc23)c2nccn2C)c1. The van der Waals surface area contributed by atoms with Crippen LogP contribution < -0.4 is 10.1 Å². The summed E-state index contributed by atoms with van der Waals surface area (Å²) in [5, 5.41) is 4.57. The van der Waals surface area contributed by atoms with E-state index in [0.29, 0.717) is 5.82 Å². The van der Waals surface area contributed by atoms with E-state index < -0.39 is 0 Å². The van der Waals surface area contributed by atoms with Gasteiger partial charge in [0.05, 0.1) is 12.6 Å². The number of benzene rings is 2. The number of imidazole rings is 1. The predicted molar refractivity (Wildman–Crippen MR) is 124 cm³/mol. The average molecular weight is 422 g/mol. The molecule has 0 aliphatic heterocycles. The van der Waals surface area contributed by atoms with E-state index in [1.165, 1.54) is 0 Å². The summed E-state index contributed by atoms with van der Waals surface area (Å²) in [6, 6.07) is 19.5. The molecule has 0 spiro atoms. The highest BCUT2D eigenvalue weighted by molar-refractivity contribution is 5.90. The first-order valence-corrected chi connectivity index (χ1v) is 10.3. The van der Waals surface area contributed by atoms with Crippen molar-refractivity contribution in [3.8, 4) is 17.1 Å². The summed E-state index contributed by atoms with van der Waals surface area (Å²) in [7, 11) is 3.65. The van der Waals surface area contributed by atoms with Crippen molar-refractivity contribution in [2.24, 2.45) is 7.05 Å². The summed E-state index contributed by atoms with van der Waals surface area (Å²) in [4.78, 5) is 18.5. The van der Waals surface area contributed by atoms with Crippen molar-refractivity contribution in [2.45, 2.75) is 6.04 Å². The molecule has 1 N–H and O–H groups in total. The zero-order valence-electron chi connectivity index (χ0n) is 17.8. The molecule has 5 aromatic rings. The van der Waals surface area contributed by atoms with Crippen LogP contribution in [0.5, 0.6) is 5.75 Å². The van der Waals surface area contributed by atoms with Crippen molar-refractivity contribution in [3.63, 3.8) is 0 Å². The number of pyridine rings is 1. The first-order chi connectivity index (χ1) is 15.7. The molecular weight excluding hydrogens is 400 g/mol. The largest absolute Gasteiger partial charge is 0.497 e. The van der Waals surface area contributed by atoms with Gasteiger partial charge in [0.1, 0.15) is 23.4 Å². The molecule has 2 aromatic carbocycles. The fourth-order valence-corrected chi connectivity index (χ4v) is 3.72. The lowest BCUT2D eigenvalue weighted by Crippen LogP contribution is -2.18. The molecule has 3 aromatic heterocycles. The topological polar surface area (TPSA) is 77.8 Å². The van der Waals surface area contributed by atoms with Crippen LogP contribution in [-0.2, 0) is 7.05 Å². The molecule has 3 heterocycles. The van der Waals surface area contributed by atoms with E-state index >= 15 is 0 Å². The Morgan fingerprint density at radius 2 is 1.88 bits per heavy atom. The highest BCUT2D eigenvalue weighted by Gasteiger charge is 2.21. The smallest absolute Gasteiger partial charge is 0.163 e. The van der Waals surface area contributed by atoms with Crippen molar-refractivity contribution in [1.29, 1.82) is 0 Å². The standard InChI is InChI=1S/C25H22N6O/c1-31-14-13-27-25(31)22(17-7-5-9-19(15-17)32-2)29-24-20-10-3-4-11-21(20)28-23(30-24)18-8-6-12-26-16-18/h3-16,22H,1-2H3,(H,28,29,30). The number of hydrogen-bond donors (Lipinski definition) is 1. The maximum Gasteiger partial charge on any atom is 0.163 e. The van der Waals surface area contributed by atoms with Gasteiger partial charge in [0.2, 0.25) is 0 Å².